The van der Waals surface area contributed by atoms with Crippen molar-refractivity contribution in [1.82, 2.24) is 4.98 Å². The van der Waals surface area contributed by atoms with Crippen molar-refractivity contribution in [3.05, 3.63) is 40.9 Å². The van der Waals surface area contributed by atoms with Gasteiger partial charge in [-0.2, -0.15) is 0 Å². The van der Waals surface area contributed by atoms with Gasteiger partial charge in [0, 0.05) is 17.3 Å². The minimum absolute atomic E-state index is 0.137. The molecule has 13 heavy (non-hydrogen) atoms. The van der Waals surface area contributed by atoms with Gasteiger partial charge in [0.1, 0.15) is 5.82 Å². The van der Waals surface area contributed by atoms with E-state index in [4.69, 9.17) is 11.6 Å². The Hall–Kier alpha value is -1.15. The predicted octanol–water partition coefficient (Wildman–Crippen LogP) is 3.34. The Kier molecular flexibility index (Phi) is 1.93. The Morgan fingerprint density at radius 2 is 2.00 bits per heavy atom. The van der Waals surface area contributed by atoms with Crippen molar-refractivity contribution < 1.29 is 4.39 Å². The Morgan fingerprint density at radius 1 is 1.23 bits per heavy atom. The molecule has 2 aromatic rings. The lowest BCUT2D eigenvalue weighted by Crippen LogP contribution is -1.83. The first-order valence-electron chi connectivity index (χ1n) is 3.88. The lowest BCUT2D eigenvalue weighted by Gasteiger charge is -2.00. The van der Waals surface area contributed by atoms with Crippen LogP contribution in [-0.2, 0) is 0 Å². The fourth-order valence-corrected chi connectivity index (χ4v) is 1.42. The van der Waals surface area contributed by atoms with E-state index in [0.717, 1.165) is 16.5 Å². The molecule has 66 valence electrons. The number of fused-ring (bicyclic) bond motifs is 1. The third-order valence-electron chi connectivity index (χ3n) is 1.90. The van der Waals surface area contributed by atoms with Gasteiger partial charge in [0.2, 0.25) is 0 Å². The average Bonchev–Trinajstić information content (AvgIpc) is 2.08. The van der Waals surface area contributed by atoms with Gasteiger partial charge in [0.15, 0.2) is 0 Å². The Morgan fingerprint density at radius 3 is 2.77 bits per heavy atom. The molecule has 0 aliphatic heterocycles. The number of halogens is 2. The molecule has 0 spiro atoms. The standard InChI is InChI=1S/C10H7ClFN/c1-6-2-7-4-10(12)9(11)3-8(7)5-13-6/h2-5H,1H3. The third kappa shape index (κ3) is 1.49. The first-order valence-corrected chi connectivity index (χ1v) is 4.26. The maximum Gasteiger partial charge on any atom is 0.142 e. The zero-order chi connectivity index (χ0) is 9.42. The van der Waals surface area contributed by atoms with E-state index < -0.39 is 0 Å². The molecule has 0 saturated heterocycles. The van der Waals surface area contributed by atoms with E-state index in [0.29, 0.717) is 0 Å². The van der Waals surface area contributed by atoms with Crippen molar-refractivity contribution in [2.75, 3.05) is 0 Å². The smallest absolute Gasteiger partial charge is 0.142 e. The van der Waals surface area contributed by atoms with Gasteiger partial charge in [-0.3, -0.25) is 4.98 Å². The monoisotopic (exact) mass is 195 g/mol. The number of pyridine rings is 1. The van der Waals surface area contributed by atoms with Crippen LogP contribution in [0, 0.1) is 12.7 Å². The van der Waals surface area contributed by atoms with E-state index in [-0.39, 0.29) is 10.8 Å². The molecule has 0 fully saturated rings. The molecule has 3 heteroatoms. The lowest BCUT2D eigenvalue weighted by atomic mass is 10.1. The van der Waals surface area contributed by atoms with Crippen LogP contribution in [0.3, 0.4) is 0 Å². The Balaban J connectivity index is 2.81. The van der Waals surface area contributed by atoms with E-state index in [1.54, 1.807) is 12.3 Å². The molecule has 1 heterocycles. The van der Waals surface area contributed by atoms with Crippen LogP contribution in [0.5, 0.6) is 0 Å². The van der Waals surface area contributed by atoms with Crippen molar-refractivity contribution >= 4 is 22.4 Å². The van der Waals surface area contributed by atoms with Crippen molar-refractivity contribution in [3.8, 4) is 0 Å². The van der Waals surface area contributed by atoms with Gasteiger partial charge in [-0.15, -0.1) is 0 Å². The topological polar surface area (TPSA) is 12.9 Å². The minimum Gasteiger partial charge on any atom is -0.261 e. The zero-order valence-corrected chi connectivity index (χ0v) is 7.77. The molecular formula is C10H7ClFN. The van der Waals surface area contributed by atoms with Crippen LogP contribution in [0.2, 0.25) is 5.02 Å². The summed E-state index contributed by atoms with van der Waals surface area (Å²) in [6, 6.07) is 4.83. The highest BCUT2D eigenvalue weighted by atomic mass is 35.5. The molecule has 1 nitrogen and oxygen atoms in total. The molecule has 0 aliphatic rings. The van der Waals surface area contributed by atoms with Gasteiger partial charge in [-0.25, -0.2) is 4.39 Å². The van der Waals surface area contributed by atoms with Crippen LogP contribution < -0.4 is 0 Å². The number of rotatable bonds is 0. The van der Waals surface area contributed by atoms with Crippen LogP contribution in [0.15, 0.2) is 24.4 Å². The number of aryl methyl sites for hydroxylation is 1. The maximum atomic E-state index is 13.0. The van der Waals surface area contributed by atoms with E-state index in [2.05, 4.69) is 4.98 Å². The van der Waals surface area contributed by atoms with E-state index >= 15 is 0 Å². The summed E-state index contributed by atoms with van der Waals surface area (Å²) in [4.78, 5) is 4.10. The predicted molar refractivity (Wildman–Crippen MR) is 51.4 cm³/mol. The van der Waals surface area contributed by atoms with Crippen LogP contribution in [-0.4, -0.2) is 4.98 Å². The molecule has 0 aliphatic carbocycles. The SMILES string of the molecule is Cc1cc2cc(F)c(Cl)cc2cn1. The van der Waals surface area contributed by atoms with E-state index in [1.807, 2.05) is 13.0 Å². The van der Waals surface area contributed by atoms with Crippen LogP contribution in [0.25, 0.3) is 10.8 Å². The number of hydrogen-bond acceptors (Lipinski definition) is 1. The van der Waals surface area contributed by atoms with E-state index in [9.17, 15) is 4.39 Å². The summed E-state index contributed by atoms with van der Waals surface area (Å²) >= 11 is 5.62. The largest absolute Gasteiger partial charge is 0.261 e. The van der Waals surface area contributed by atoms with Crippen LogP contribution >= 0.6 is 11.6 Å². The van der Waals surface area contributed by atoms with Gasteiger partial charge in [-0.1, -0.05) is 11.6 Å². The Bertz CT molecular complexity index is 468. The Labute approximate surface area is 80.2 Å². The molecule has 2 rings (SSSR count). The summed E-state index contributed by atoms with van der Waals surface area (Å²) in [6.07, 6.45) is 1.69. The second kappa shape index (κ2) is 2.96. The van der Waals surface area contributed by atoms with Gasteiger partial charge in [-0.05, 0) is 30.5 Å². The quantitative estimate of drug-likeness (QED) is 0.628. The van der Waals surface area contributed by atoms with Gasteiger partial charge < -0.3 is 0 Å². The highest BCUT2D eigenvalue weighted by Gasteiger charge is 2.02. The number of nitrogens with zero attached hydrogens (tertiary/aromatic N) is 1. The number of benzene rings is 1. The van der Waals surface area contributed by atoms with Gasteiger partial charge in [0.25, 0.3) is 0 Å². The molecule has 0 unspecified atom stereocenters. The highest BCUT2D eigenvalue weighted by Crippen LogP contribution is 2.22. The molecular weight excluding hydrogens is 189 g/mol. The second-order valence-electron chi connectivity index (χ2n) is 2.94. The lowest BCUT2D eigenvalue weighted by molar-refractivity contribution is 0.630. The summed E-state index contributed by atoms with van der Waals surface area (Å²) in [5, 5.41) is 1.82. The minimum atomic E-state index is -0.389. The number of hydrogen-bond donors (Lipinski definition) is 0. The third-order valence-corrected chi connectivity index (χ3v) is 2.19. The van der Waals surface area contributed by atoms with Crippen LogP contribution in [0.4, 0.5) is 4.39 Å². The second-order valence-corrected chi connectivity index (χ2v) is 3.35. The molecule has 1 aromatic carbocycles. The fourth-order valence-electron chi connectivity index (χ4n) is 1.25. The molecule has 0 radical (unpaired) electrons. The van der Waals surface area contributed by atoms with Gasteiger partial charge in [0.05, 0.1) is 5.02 Å². The van der Waals surface area contributed by atoms with Gasteiger partial charge >= 0.3 is 0 Å². The summed E-state index contributed by atoms with van der Waals surface area (Å²) in [5.41, 5.74) is 0.870. The molecule has 0 N–H and O–H groups in total. The van der Waals surface area contributed by atoms with Crippen molar-refractivity contribution in [1.29, 1.82) is 0 Å². The molecule has 1 aromatic heterocycles. The number of aromatic nitrogens is 1. The highest BCUT2D eigenvalue weighted by molar-refractivity contribution is 6.31. The first kappa shape index (κ1) is 8.45. The summed E-state index contributed by atoms with van der Waals surface area (Å²) in [6.45, 7) is 1.87. The first-order chi connectivity index (χ1) is 6.16. The maximum absolute atomic E-state index is 13.0. The van der Waals surface area contributed by atoms with Crippen molar-refractivity contribution in [2.24, 2.45) is 0 Å². The summed E-state index contributed by atoms with van der Waals surface area (Å²) in [5.74, 6) is -0.389. The molecule has 0 bridgehead atoms. The van der Waals surface area contributed by atoms with Crippen molar-refractivity contribution in [2.45, 2.75) is 6.92 Å². The summed E-state index contributed by atoms with van der Waals surface area (Å²) in [7, 11) is 0. The van der Waals surface area contributed by atoms with Crippen LogP contribution in [0.1, 0.15) is 5.69 Å². The fraction of sp³-hybridized carbons (Fsp3) is 0.100. The average molecular weight is 196 g/mol. The molecule has 0 amide bonds. The zero-order valence-electron chi connectivity index (χ0n) is 7.01. The molecule has 0 saturated carbocycles. The van der Waals surface area contributed by atoms with Crippen molar-refractivity contribution in [3.63, 3.8) is 0 Å². The summed E-state index contributed by atoms with van der Waals surface area (Å²) < 4.78 is 13.0. The molecule has 0 atom stereocenters. The normalized spacial score (nSPS) is 10.7. The van der Waals surface area contributed by atoms with E-state index in [1.165, 1.54) is 6.07 Å².